The molecule has 9 nitrogen and oxygen atoms in total. The number of hydrogen-bond donors (Lipinski definition) is 2. The third-order valence-electron chi connectivity index (χ3n) is 5.65. The van der Waals surface area contributed by atoms with E-state index in [-0.39, 0.29) is 23.5 Å². The van der Waals surface area contributed by atoms with Gasteiger partial charge in [-0.2, -0.15) is 17.9 Å². The molecule has 1 atom stereocenters. The highest BCUT2D eigenvalue weighted by Crippen LogP contribution is 2.35. The zero-order valence-corrected chi connectivity index (χ0v) is 23.2. The second kappa shape index (κ2) is 10.7. The molecule has 0 radical (unpaired) electrons. The number of benzene rings is 2. The number of hydrogen-bond acceptors (Lipinski definition) is 7. The van der Waals surface area contributed by atoms with Gasteiger partial charge >= 0.3 is 6.18 Å². The maximum absolute atomic E-state index is 13.1. The Bertz CT molecular complexity index is 1510. The first-order valence-electron chi connectivity index (χ1n) is 11.7. The zero-order chi connectivity index (χ0) is 29.4. The number of carbonyl (C=O) groups excluding carboxylic acids is 1. The number of alkyl halides is 3. The Labute approximate surface area is 225 Å². The number of amides is 1. The molecule has 1 heterocycles. The molecule has 0 bridgehead atoms. The Balaban J connectivity index is 1.87. The van der Waals surface area contributed by atoms with Crippen LogP contribution in [0.2, 0.25) is 0 Å². The molecule has 1 aliphatic rings. The van der Waals surface area contributed by atoms with E-state index >= 15 is 0 Å². The molecule has 1 aliphatic heterocycles. The first-order chi connectivity index (χ1) is 17.9. The number of halogens is 3. The topological polar surface area (TPSA) is 134 Å². The molecule has 0 aliphatic carbocycles. The molecule has 212 valence electrons. The van der Waals surface area contributed by atoms with Crippen LogP contribution < -0.4 is 4.72 Å². The molecular weight excluding hydrogens is 559 g/mol. The minimum Gasteiger partial charge on any atom is -0.480 e. The van der Waals surface area contributed by atoms with Gasteiger partial charge in [0.1, 0.15) is 10.9 Å². The van der Waals surface area contributed by atoms with Gasteiger partial charge in [0.05, 0.1) is 22.6 Å². The van der Waals surface area contributed by atoms with Gasteiger partial charge in [-0.15, -0.1) is 0 Å². The van der Waals surface area contributed by atoms with Crippen molar-refractivity contribution in [2.24, 2.45) is 0 Å². The fourth-order valence-corrected chi connectivity index (χ4v) is 7.10. The summed E-state index contributed by atoms with van der Waals surface area (Å²) in [6.07, 6.45) is -3.84. The van der Waals surface area contributed by atoms with Crippen LogP contribution in [0, 0.1) is 5.41 Å². The highest BCUT2D eigenvalue weighted by molar-refractivity contribution is 7.99. The van der Waals surface area contributed by atoms with E-state index in [2.05, 4.69) is 4.72 Å². The van der Waals surface area contributed by atoms with E-state index in [9.17, 15) is 34.8 Å². The lowest BCUT2D eigenvalue weighted by atomic mass is 10.0. The Morgan fingerprint density at radius 3 is 2.23 bits per heavy atom. The lowest BCUT2D eigenvalue weighted by molar-refractivity contribution is -0.137. The van der Waals surface area contributed by atoms with Crippen LogP contribution in [0.5, 0.6) is 0 Å². The predicted molar refractivity (Wildman–Crippen MR) is 139 cm³/mol. The molecule has 1 amide bonds. The van der Waals surface area contributed by atoms with Gasteiger partial charge in [0.25, 0.3) is 15.9 Å². The van der Waals surface area contributed by atoms with Crippen LogP contribution in [-0.2, 0) is 42.2 Å². The third-order valence-corrected chi connectivity index (χ3v) is 9.23. The van der Waals surface area contributed by atoms with E-state index < -0.39 is 60.1 Å². The van der Waals surface area contributed by atoms with Crippen molar-refractivity contribution in [2.45, 2.75) is 56.8 Å². The summed E-state index contributed by atoms with van der Waals surface area (Å²) in [6.45, 7) is 6.41. The maximum atomic E-state index is 13.1. The fourth-order valence-electron chi connectivity index (χ4n) is 3.97. The zero-order valence-electron chi connectivity index (χ0n) is 21.5. The molecule has 0 spiro atoms. The molecule has 3 rings (SSSR count). The van der Waals surface area contributed by atoms with Crippen molar-refractivity contribution in [1.82, 2.24) is 9.03 Å². The predicted octanol–water partition coefficient (Wildman–Crippen LogP) is 3.92. The van der Waals surface area contributed by atoms with E-state index in [1.807, 2.05) is 0 Å². The summed E-state index contributed by atoms with van der Waals surface area (Å²) >= 11 is 0. The molecule has 0 fully saturated rings. The smallest absolute Gasteiger partial charge is 0.416 e. The summed E-state index contributed by atoms with van der Waals surface area (Å²) in [4.78, 5) is 11.6. The van der Waals surface area contributed by atoms with Crippen LogP contribution in [-0.4, -0.2) is 51.1 Å². The van der Waals surface area contributed by atoms with Crippen LogP contribution >= 0.6 is 0 Å². The molecule has 2 aromatic rings. The van der Waals surface area contributed by atoms with Gasteiger partial charge in [0, 0.05) is 6.08 Å². The van der Waals surface area contributed by atoms with Crippen molar-refractivity contribution in [3.05, 3.63) is 71.3 Å². The lowest BCUT2D eigenvalue weighted by Gasteiger charge is -2.30. The first kappa shape index (κ1) is 30.3. The molecule has 39 heavy (non-hydrogen) atoms. The second-order valence-corrected chi connectivity index (χ2v) is 13.2. The molecule has 0 saturated carbocycles. The Kier molecular flexibility index (Phi) is 8.35. The largest absolute Gasteiger partial charge is 0.480 e. The number of rotatable bonds is 8. The molecule has 2 N–H and O–H groups in total. The number of nitrogens with zero attached hydrogens (tertiary/aromatic N) is 1. The SMILES string of the molecule is CCOC(=N)[C@H](Cc1ccc(C2=CC(=O)N(C(C)(C)C)S2(=O)=O)cc1)NS(=O)(=O)c1cccc(C(F)(F)F)c1. The van der Waals surface area contributed by atoms with E-state index in [0.29, 0.717) is 11.6 Å². The molecule has 14 heteroatoms. The highest BCUT2D eigenvalue weighted by Gasteiger charge is 2.44. The second-order valence-electron chi connectivity index (χ2n) is 9.68. The van der Waals surface area contributed by atoms with Crippen molar-refractivity contribution in [1.29, 1.82) is 5.41 Å². The van der Waals surface area contributed by atoms with Crippen LogP contribution in [0.4, 0.5) is 13.2 Å². The maximum Gasteiger partial charge on any atom is 0.416 e. The van der Waals surface area contributed by atoms with Gasteiger partial charge < -0.3 is 4.74 Å². The van der Waals surface area contributed by atoms with Gasteiger partial charge in [-0.25, -0.2) is 21.1 Å². The Morgan fingerprint density at radius 2 is 1.72 bits per heavy atom. The average Bonchev–Trinajstić information content (AvgIpc) is 3.07. The standard InChI is InChI=1S/C25H28F3N3O6S2/c1-5-37-23(29)20(30-38(33,34)19-8-6-7-18(14-19)25(26,27)28)13-16-9-11-17(12-10-16)21-15-22(32)31(24(2,3)4)39(21,35)36/h6-12,14-15,20,29-30H,5,13H2,1-4H3/t20-/m0/s1. The van der Waals surface area contributed by atoms with Crippen molar-refractivity contribution in [3.8, 4) is 0 Å². The van der Waals surface area contributed by atoms with Crippen LogP contribution in [0.25, 0.3) is 4.91 Å². The number of sulfonamides is 2. The summed E-state index contributed by atoms with van der Waals surface area (Å²) < 4.78 is 99.3. The minimum atomic E-state index is -4.75. The summed E-state index contributed by atoms with van der Waals surface area (Å²) in [5.41, 5.74) is -1.41. The number of ether oxygens (including phenoxy) is 1. The van der Waals surface area contributed by atoms with Crippen molar-refractivity contribution >= 4 is 36.8 Å². The van der Waals surface area contributed by atoms with Gasteiger partial charge in [0.2, 0.25) is 10.0 Å². The van der Waals surface area contributed by atoms with E-state index in [0.717, 1.165) is 28.6 Å². The molecule has 2 aromatic carbocycles. The van der Waals surface area contributed by atoms with E-state index in [1.165, 1.54) is 24.3 Å². The van der Waals surface area contributed by atoms with Crippen molar-refractivity contribution in [2.75, 3.05) is 6.61 Å². The summed E-state index contributed by atoms with van der Waals surface area (Å²) in [5.74, 6) is -1.12. The highest BCUT2D eigenvalue weighted by atomic mass is 32.2. The molecule has 0 unspecified atom stereocenters. The fraction of sp³-hybridized carbons (Fsp3) is 0.360. The van der Waals surface area contributed by atoms with Gasteiger partial charge in [0.15, 0.2) is 5.90 Å². The molecular formula is C25H28F3N3O6S2. The normalized spacial score (nSPS) is 16.6. The van der Waals surface area contributed by atoms with Crippen LogP contribution in [0.1, 0.15) is 44.4 Å². The summed E-state index contributed by atoms with van der Waals surface area (Å²) in [7, 11) is -8.59. The van der Waals surface area contributed by atoms with Crippen molar-refractivity contribution in [3.63, 3.8) is 0 Å². The Morgan fingerprint density at radius 1 is 1.10 bits per heavy atom. The monoisotopic (exact) mass is 587 g/mol. The van der Waals surface area contributed by atoms with Crippen LogP contribution in [0.15, 0.2) is 59.5 Å². The lowest BCUT2D eigenvalue weighted by Crippen LogP contribution is -2.45. The Hall–Kier alpha value is -3.23. The van der Waals surface area contributed by atoms with Gasteiger partial charge in [-0.3, -0.25) is 10.2 Å². The quantitative estimate of drug-likeness (QED) is 0.355. The molecule has 0 aromatic heterocycles. The summed E-state index contributed by atoms with van der Waals surface area (Å²) in [5, 5.41) is 8.15. The van der Waals surface area contributed by atoms with Gasteiger partial charge in [-0.1, -0.05) is 30.3 Å². The van der Waals surface area contributed by atoms with Crippen LogP contribution in [0.3, 0.4) is 0 Å². The van der Waals surface area contributed by atoms with E-state index in [1.54, 1.807) is 27.7 Å². The number of nitrogens with one attached hydrogen (secondary N) is 2. The van der Waals surface area contributed by atoms with E-state index in [4.69, 9.17) is 10.1 Å². The average molecular weight is 588 g/mol. The van der Waals surface area contributed by atoms with Crippen molar-refractivity contribution < 1.29 is 39.5 Å². The summed E-state index contributed by atoms with van der Waals surface area (Å²) in [6, 6.07) is 7.83. The minimum absolute atomic E-state index is 0.0455. The first-order valence-corrected chi connectivity index (χ1v) is 14.6. The third kappa shape index (κ3) is 6.68. The molecule has 0 saturated heterocycles. The van der Waals surface area contributed by atoms with Gasteiger partial charge in [-0.05, 0) is 63.4 Å². The number of carbonyl (C=O) groups is 1.